The SMILES string of the molecule is O=C(Nc1ccc(C(F)(F)F)cc1)c1n[nH]c2c1CCN(C(=O)Cc1cnc3ccccn13)C2. The number of rotatable bonds is 4. The zero-order valence-corrected chi connectivity index (χ0v) is 17.8. The van der Waals surface area contributed by atoms with Gasteiger partial charge in [0, 0.05) is 30.2 Å². The van der Waals surface area contributed by atoms with E-state index in [1.807, 2.05) is 28.8 Å². The fraction of sp³-hybridized carbons (Fsp3) is 0.217. The predicted molar refractivity (Wildman–Crippen MR) is 116 cm³/mol. The monoisotopic (exact) mass is 468 g/mol. The summed E-state index contributed by atoms with van der Waals surface area (Å²) in [5.74, 6) is -0.593. The van der Waals surface area contributed by atoms with Crippen molar-refractivity contribution in [2.24, 2.45) is 0 Å². The van der Waals surface area contributed by atoms with E-state index in [1.165, 1.54) is 12.1 Å². The van der Waals surface area contributed by atoms with Crippen molar-refractivity contribution < 1.29 is 22.8 Å². The molecule has 0 spiro atoms. The Labute approximate surface area is 191 Å². The summed E-state index contributed by atoms with van der Waals surface area (Å²) < 4.78 is 40.0. The number of amides is 2. The summed E-state index contributed by atoms with van der Waals surface area (Å²) in [6.45, 7) is 0.703. The van der Waals surface area contributed by atoms with Gasteiger partial charge in [-0.2, -0.15) is 18.3 Å². The van der Waals surface area contributed by atoms with Gasteiger partial charge in [0.1, 0.15) is 5.65 Å². The second-order valence-corrected chi connectivity index (χ2v) is 7.98. The van der Waals surface area contributed by atoms with Crippen LogP contribution in [0.5, 0.6) is 0 Å². The Morgan fingerprint density at radius 1 is 1.12 bits per heavy atom. The minimum absolute atomic E-state index is 0.0679. The highest BCUT2D eigenvalue weighted by Crippen LogP contribution is 2.30. The Bertz CT molecular complexity index is 1370. The molecule has 1 aliphatic heterocycles. The lowest BCUT2D eigenvalue weighted by Gasteiger charge is -2.26. The number of benzene rings is 1. The van der Waals surface area contributed by atoms with E-state index in [-0.39, 0.29) is 30.3 Å². The van der Waals surface area contributed by atoms with Gasteiger partial charge in [-0.1, -0.05) is 6.07 Å². The molecule has 0 atom stereocenters. The standard InChI is InChI=1S/C23H19F3N6O2/c24-23(25,26)14-4-6-15(7-5-14)28-22(34)21-17-8-10-31(13-18(17)29-30-21)20(33)11-16-12-27-19-3-1-2-9-32(16)19/h1-7,9,12H,8,10-11,13H2,(H,28,34)(H,29,30). The number of fused-ring (bicyclic) bond motifs is 2. The fourth-order valence-corrected chi connectivity index (χ4v) is 4.03. The minimum Gasteiger partial charge on any atom is -0.336 e. The number of H-pyrrole nitrogens is 1. The topological polar surface area (TPSA) is 95.4 Å². The number of carbonyl (C=O) groups excluding carboxylic acids is 2. The maximum atomic E-state index is 12.9. The first kappa shape index (κ1) is 21.7. The molecule has 3 aromatic heterocycles. The molecule has 174 valence electrons. The van der Waals surface area contributed by atoms with Crippen molar-refractivity contribution in [3.05, 3.63) is 83.1 Å². The molecular formula is C23H19F3N6O2. The van der Waals surface area contributed by atoms with Crippen LogP contribution in [0.4, 0.5) is 18.9 Å². The van der Waals surface area contributed by atoms with Crippen molar-refractivity contribution in [3.63, 3.8) is 0 Å². The molecule has 0 radical (unpaired) electrons. The Balaban J connectivity index is 1.25. The van der Waals surface area contributed by atoms with E-state index < -0.39 is 17.6 Å². The molecule has 1 aliphatic rings. The lowest BCUT2D eigenvalue weighted by atomic mass is 10.0. The lowest BCUT2D eigenvalue weighted by molar-refractivity contribution is -0.137. The Morgan fingerprint density at radius 2 is 1.91 bits per heavy atom. The van der Waals surface area contributed by atoms with Crippen LogP contribution in [0.15, 0.2) is 54.9 Å². The number of hydrogen-bond acceptors (Lipinski definition) is 4. The Kier molecular flexibility index (Phi) is 5.31. The molecule has 8 nitrogen and oxygen atoms in total. The van der Waals surface area contributed by atoms with Crippen LogP contribution in [0.1, 0.15) is 33.0 Å². The van der Waals surface area contributed by atoms with Gasteiger partial charge >= 0.3 is 6.18 Å². The summed E-state index contributed by atoms with van der Waals surface area (Å²) in [7, 11) is 0. The van der Waals surface area contributed by atoms with Gasteiger partial charge in [0.15, 0.2) is 5.69 Å². The van der Waals surface area contributed by atoms with E-state index in [0.717, 1.165) is 23.5 Å². The molecule has 0 fully saturated rings. The van der Waals surface area contributed by atoms with Crippen molar-refractivity contribution in [1.29, 1.82) is 0 Å². The largest absolute Gasteiger partial charge is 0.416 e. The van der Waals surface area contributed by atoms with Crippen LogP contribution in [0, 0.1) is 0 Å². The van der Waals surface area contributed by atoms with Crippen LogP contribution in [-0.4, -0.2) is 42.8 Å². The van der Waals surface area contributed by atoms with Gasteiger partial charge in [-0.15, -0.1) is 0 Å². The third-order valence-electron chi connectivity index (χ3n) is 5.80. The molecule has 4 heterocycles. The molecule has 1 aromatic carbocycles. The van der Waals surface area contributed by atoms with Gasteiger partial charge in [0.2, 0.25) is 5.91 Å². The van der Waals surface area contributed by atoms with Crippen LogP contribution < -0.4 is 5.32 Å². The molecule has 0 saturated heterocycles. The molecular weight excluding hydrogens is 449 g/mol. The summed E-state index contributed by atoms with van der Waals surface area (Å²) in [6.07, 6.45) is -0.285. The van der Waals surface area contributed by atoms with Gasteiger partial charge < -0.3 is 14.6 Å². The number of aromatic nitrogens is 4. The summed E-state index contributed by atoms with van der Waals surface area (Å²) in [5, 5.41) is 9.49. The smallest absolute Gasteiger partial charge is 0.336 e. The zero-order valence-electron chi connectivity index (χ0n) is 17.8. The summed E-state index contributed by atoms with van der Waals surface area (Å²) in [6, 6.07) is 9.82. The fourth-order valence-electron chi connectivity index (χ4n) is 4.03. The number of alkyl halides is 3. The molecule has 11 heteroatoms. The number of hydrogen-bond donors (Lipinski definition) is 2. The van der Waals surface area contributed by atoms with Crippen molar-refractivity contribution >= 4 is 23.1 Å². The number of imidazole rings is 1. The molecule has 4 aromatic rings. The Morgan fingerprint density at radius 3 is 2.68 bits per heavy atom. The van der Waals surface area contributed by atoms with Crippen LogP contribution in [0.25, 0.3) is 5.65 Å². The van der Waals surface area contributed by atoms with Crippen molar-refractivity contribution in [2.45, 2.75) is 25.6 Å². The van der Waals surface area contributed by atoms with Gasteiger partial charge in [-0.05, 0) is 42.8 Å². The number of nitrogens with zero attached hydrogens (tertiary/aromatic N) is 4. The highest BCUT2D eigenvalue weighted by molar-refractivity contribution is 6.04. The summed E-state index contributed by atoms with van der Waals surface area (Å²) >= 11 is 0. The molecule has 0 aliphatic carbocycles. The van der Waals surface area contributed by atoms with Gasteiger partial charge in [0.05, 0.1) is 29.9 Å². The highest BCUT2D eigenvalue weighted by Gasteiger charge is 2.30. The Hall–Kier alpha value is -4.15. The highest BCUT2D eigenvalue weighted by atomic mass is 19.4. The molecule has 5 rings (SSSR count). The second-order valence-electron chi connectivity index (χ2n) is 7.98. The quantitative estimate of drug-likeness (QED) is 0.480. The molecule has 0 unspecified atom stereocenters. The maximum Gasteiger partial charge on any atom is 0.416 e. The van der Waals surface area contributed by atoms with E-state index in [0.29, 0.717) is 24.2 Å². The molecule has 34 heavy (non-hydrogen) atoms. The van der Waals surface area contributed by atoms with E-state index in [2.05, 4.69) is 20.5 Å². The minimum atomic E-state index is -4.45. The predicted octanol–water partition coefficient (Wildman–Crippen LogP) is 3.46. The number of anilines is 1. The number of halogens is 3. The zero-order chi connectivity index (χ0) is 23.9. The molecule has 0 saturated carbocycles. The van der Waals surface area contributed by atoms with E-state index in [1.54, 1.807) is 11.1 Å². The first-order valence-corrected chi connectivity index (χ1v) is 10.5. The molecule has 2 N–H and O–H groups in total. The number of carbonyl (C=O) groups is 2. The van der Waals surface area contributed by atoms with Crippen LogP contribution in [0.2, 0.25) is 0 Å². The van der Waals surface area contributed by atoms with Crippen LogP contribution in [0.3, 0.4) is 0 Å². The third-order valence-corrected chi connectivity index (χ3v) is 5.80. The normalized spacial score (nSPS) is 13.7. The van der Waals surface area contributed by atoms with Crippen LogP contribution in [-0.2, 0) is 30.4 Å². The molecule has 0 bridgehead atoms. The summed E-state index contributed by atoms with van der Waals surface area (Å²) in [5.41, 5.74) is 2.52. The van der Waals surface area contributed by atoms with Gasteiger partial charge in [-0.25, -0.2) is 4.98 Å². The second kappa shape index (κ2) is 8.32. The van der Waals surface area contributed by atoms with Gasteiger partial charge in [-0.3, -0.25) is 14.7 Å². The number of nitrogens with one attached hydrogen (secondary N) is 2. The first-order chi connectivity index (χ1) is 16.3. The van der Waals surface area contributed by atoms with Crippen LogP contribution >= 0.6 is 0 Å². The number of aromatic amines is 1. The average Bonchev–Trinajstić information content (AvgIpc) is 3.43. The van der Waals surface area contributed by atoms with E-state index in [9.17, 15) is 22.8 Å². The van der Waals surface area contributed by atoms with E-state index in [4.69, 9.17) is 0 Å². The maximum absolute atomic E-state index is 12.9. The molecule has 2 amide bonds. The number of pyridine rings is 1. The lowest BCUT2D eigenvalue weighted by Crippen LogP contribution is -2.37. The summed E-state index contributed by atoms with van der Waals surface area (Å²) in [4.78, 5) is 31.6. The van der Waals surface area contributed by atoms with Gasteiger partial charge in [0.25, 0.3) is 5.91 Å². The third kappa shape index (κ3) is 4.12. The first-order valence-electron chi connectivity index (χ1n) is 10.5. The van der Waals surface area contributed by atoms with Crippen molar-refractivity contribution in [2.75, 3.05) is 11.9 Å². The van der Waals surface area contributed by atoms with Crippen molar-refractivity contribution in [3.8, 4) is 0 Å². The van der Waals surface area contributed by atoms with Crippen molar-refractivity contribution in [1.82, 2.24) is 24.5 Å². The van der Waals surface area contributed by atoms with E-state index >= 15 is 0 Å². The average molecular weight is 468 g/mol.